The predicted octanol–water partition coefficient (Wildman–Crippen LogP) is 2.31. The van der Waals surface area contributed by atoms with Gasteiger partial charge in [-0.2, -0.15) is 0 Å². The number of benzene rings is 2. The molecule has 0 aromatic heterocycles. The van der Waals surface area contributed by atoms with Gasteiger partial charge in [0.05, 0.1) is 32.4 Å². The molecule has 1 saturated heterocycles. The Morgan fingerprint density at radius 3 is 2.44 bits per heavy atom. The molecule has 7 heteroatoms. The highest BCUT2D eigenvalue weighted by atomic mass is 19.1. The summed E-state index contributed by atoms with van der Waals surface area (Å²) in [5.41, 5.74) is 1.41. The van der Waals surface area contributed by atoms with Crippen molar-refractivity contribution < 1.29 is 23.5 Å². The van der Waals surface area contributed by atoms with E-state index in [1.54, 1.807) is 14.2 Å². The molecule has 1 fully saturated rings. The minimum Gasteiger partial charge on any atom is -0.493 e. The van der Waals surface area contributed by atoms with Crippen molar-refractivity contribution in [1.29, 1.82) is 0 Å². The van der Waals surface area contributed by atoms with Crippen molar-refractivity contribution in [3.8, 4) is 11.5 Å². The maximum Gasteiger partial charge on any atom is 0.251 e. The molecule has 1 atom stereocenters. The number of hydrogen-bond acceptors (Lipinski definition) is 5. The summed E-state index contributed by atoms with van der Waals surface area (Å²) in [6.45, 7) is 0.524. The Morgan fingerprint density at radius 2 is 1.78 bits per heavy atom. The minimum atomic E-state index is -0.581. The first-order chi connectivity index (χ1) is 13.0. The molecule has 6 nitrogen and oxygen atoms in total. The highest BCUT2D eigenvalue weighted by molar-refractivity contribution is 6.22. The molecule has 0 radical (unpaired) electrons. The van der Waals surface area contributed by atoms with E-state index in [1.807, 2.05) is 18.2 Å². The zero-order valence-corrected chi connectivity index (χ0v) is 15.2. The minimum absolute atomic E-state index is 0.0855. The summed E-state index contributed by atoms with van der Waals surface area (Å²) in [7, 11) is 3.15. The number of ether oxygens (including phenoxy) is 2. The lowest BCUT2D eigenvalue weighted by molar-refractivity contribution is -0.121. The SMILES string of the molecule is COc1ccc(CCN[C@@H]2CC(=O)N(c3ccc(F)cc3)C2=O)cc1OC. The van der Waals surface area contributed by atoms with Crippen LogP contribution in [-0.2, 0) is 16.0 Å². The quantitative estimate of drug-likeness (QED) is 0.756. The number of carbonyl (C=O) groups is 2. The Morgan fingerprint density at radius 1 is 1.07 bits per heavy atom. The molecule has 2 aromatic carbocycles. The summed E-state index contributed by atoms with van der Waals surface area (Å²) in [6.07, 6.45) is 0.747. The molecule has 1 aliphatic heterocycles. The van der Waals surface area contributed by atoms with Gasteiger partial charge in [0.15, 0.2) is 11.5 Å². The first-order valence-corrected chi connectivity index (χ1v) is 8.60. The standard InChI is InChI=1S/C20H21FN2O4/c1-26-17-8-3-13(11-18(17)27-2)9-10-22-16-12-19(24)23(20(16)25)15-6-4-14(21)5-7-15/h3-8,11,16,22H,9-10,12H2,1-2H3/t16-/m1/s1. The second kappa shape index (κ2) is 8.18. The van der Waals surface area contributed by atoms with Crippen molar-refractivity contribution >= 4 is 17.5 Å². The largest absolute Gasteiger partial charge is 0.493 e. The van der Waals surface area contributed by atoms with Crippen LogP contribution in [0.1, 0.15) is 12.0 Å². The van der Waals surface area contributed by atoms with Gasteiger partial charge in [-0.15, -0.1) is 0 Å². The van der Waals surface area contributed by atoms with Crippen molar-refractivity contribution in [1.82, 2.24) is 5.32 Å². The van der Waals surface area contributed by atoms with Crippen molar-refractivity contribution in [3.05, 3.63) is 53.8 Å². The number of carbonyl (C=O) groups excluding carboxylic acids is 2. The van der Waals surface area contributed by atoms with E-state index in [0.29, 0.717) is 30.2 Å². The predicted molar refractivity (Wildman–Crippen MR) is 98.6 cm³/mol. The van der Waals surface area contributed by atoms with Crippen LogP contribution in [0.25, 0.3) is 0 Å². The fourth-order valence-corrected chi connectivity index (χ4v) is 3.08. The third-order valence-corrected chi connectivity index (χ3v) is 4.48. The zero-order valence-electron chi connectivity index (χ0n) is 15.2. The summed E-state index contributed by atoms with van der Waals surface area (Å²) >= 11 is 0. The first kappa shape index (κ1) is 18.8. The Labute approximate surface area is 156 Å². The van der Waals surface area contributed by atoms with Crippen molar-refractivity contribution in [2.45, 2.75) is 18.9 Å². The van der Waals surface area contributed by atoms with Crippen LogP contribution in [0.15, 0.2) is 42.5 Å². The van der Waals surface area contributed by atoms with Crippen molar-refractivity contribution in [3.63, 3.8) is 0 Å². The molecular weight excluding hydrogens is 351 g/mol. The number of hydrogen-bond donors (Lipinski definition) is 1. The maximum atomic E-state index is 13.1. The number of rotatable bonds is 7. The highest BCUT2D eigenvalue weighted by Crippen LogP contribution is 2.28. The van der Waals surface area contributed by atoms with Gasteiger partial charge in [0.2, 0.25) is 5.91 Å². The Hall–Kier alpha value is -2.93. The number of imide groups is 1. The molecular formula is C20H21FN2O4. The monoisotopic (exact) mass is 372 g/mol. The van der Waals surface area contributed by atoms with Crippen LogP contribution >= 0.6 is 0 Å². The van der Waals surface area contributed by atoms with E-state index in [1.165, 1.54) is 24.3 Å². The smallest absolute Gasteiger partial charge is 0.251 e. The van der Waals surface area contributed by atoms with Crippen LogP contribution in [-0.4, -0.2) is 38.6 Å². The molecule has 1 heterocycles. The van der Waals surface area contributed by atoms with Gasteiger partial charge in [0, 0.05) is 0 Å². The lowest BCUT2D eigenvalue weighted by Gasteiger charge is -2.15. The summed E-state index contributed by atoms with van der Waals surface area (Å²) in [5, 5.41) is 3.13. The highest BCUT2D eigenvalue weighted by Gasteiger charge is 2.39. The lowest BCUT2D eigenvalue weighted by Crippen LogP contribution is -2.39. The van der Waals surface area contributed by atoms with Crippen LogP contribution in [0.5, 0.6) is 11.5 Å². The van der Waals surface area contributed by atoms with Crippen LogP contribution in [0.4, 0.5) is 10.1 Å². The molecule has 0 aliphatic carbocycles. The first-order valence-electron chi connectivity index (χ1n) is 8.60. The normalized spacial score (nSPS) is 16.7. The summed E-state index contributed by atoms with van der Waals surface area (Å²) in [6, 6.07) is 10.4. The van der Waals surface area contributed by atoms with Gasteiger partial charge in [-0.05, 0) is 54.9 Å². The maximum absolute atomic E-state index is 13.1. The molecule has 2 amide bonds. The number of halogens is 1. The van der Waals surface area contributed by atoms with Crippen LogP contribution in [0, 0.1) is 5.82 Å². The number of methoxy groups -OCH3 is 2. The number of amides is 2. The average Bonchev–Trinajstić information content (AvgIpc) is 2.96. The molecule has 0 spiro atoms. The molecule has 2 aromatic rings. The molecule has 142 valence electrons. The molecule has 3 rings (SSSR count). The second-order valence-corrected chi connectivity index (χ2v) is 6.19. The van der Waals surface area contributed by atoms with E-state index in [2.05, 4.69) is 5.32 Å². The fraction of sp³-hybridized carbons (Fsp3) is 0.300. The Bertz CT molecular complexity index is 838. The van der Waals surface area contributed by atoms with Gasteiger partial charge in [-0.1, -0.05) is 6.07 Å². The van der Waals surface area contributed by atoms with Gasteiger partial charge in [-0.3, -0.25) is 9.59 Å². The molecule has 0 saturated carbocycles. The van der Waals surface area contributed by atoms with Gasteiger partial charge in [0.1, 0.15) is 5.82 Å². The van der Waals surface area contributed by atoms with Gasteiger partial charge in [-0.25, -0.2) is 9.29 Å². The lowest BCUT2D eigenvalue weighted by atomic mass is 10.1. The third kappa shape index (κ3) is 4.09. The van der Waals surface area contributed by atoms with Crippen LogP contribution in [0.2, 0.25) is 0 Å². The molecule has 1 N–H and O–H groups in total. The fourth-order valence-electron chi connectivity index (χ4n) is 3.08. The van der Waals surface area contributed by atoms with Gasteiger partial charge < -0.3 is 14.8 Å². The van der Waals surface area contributed by atoms with E-state index in [-0.39, 0.29) is 18.2 Å². The average molecular weight is 372 g/mol. The van der Waals surface area contributed by atoms with Crippen LogP contribution < -0.4 is 19.7 Å². The van der Waals surface area contributed by atoms with Crippen LogP contribution in [0.3, 0.4) is 0 Å². The molecule has 0 bridgehead atoms. The summed E-state index contributed by atoms with van der Waals surface area (Å²) in [5.74, 6) is 0.266. The van der Waals surface area contributed by atoms with E-state index in [4.69, 9.17) is 9.47 Å². The van der Waals surface area contributed by atoms with Gasteiger partial charge in [0.25, 0.3) is 5.91 Å². The summed E-state index contributed by atoms with van der Waals surface area (Å²) < 4.78 is 23.6. The number of nitrogens with zero attached hydrogens (tertiary/aromatic N) is 1. The van der Waals surface area contributed by atoms with Gasteiger partial charge >= 0.3 is 0 Å². The molecule has 0 unspecified atom stereocenters. The third-order valence-electron chi connectivity index (χ3n) is 4.48. The molecule has 27 heavy (non-hydrogen) atoms. The Balaban J connectivity index is 1.60. The zero-order chi connectivity index (χ0) is 19.4. The van der Waals surface area contributed by atoms with E-state index in [0.717, 1.165) is 10.5 Å². The summed E-state index contributed by atoms with van der Waals surface area (Å²) in [4.78, 5) is 25.9. The number of anilines is 1. The number of nitrogens with one attached hydrogen (secondary N) is 1. The van der Waals surface area contributed by atoms with E-state index >= 15 is 0 Å². The van der Waals surface area contributed by atoms with E-state index < -0.39 is 11.9 Å². The van der Waals surface area contributed by atoms with Crippen molar-refractivity contribution in [2.75, 3.05) is 25.7 Å². The molecule has 1 aliphatic rings. The topological polar surface area (TPSA) is 67.9 Å². The van der Waals surface area contributed by atoms with Crippen molar-refractivity contribution in [2.24, 2.45) is 0 Å². The Kier molecular flexibility index (Phi) is 5.71. The van der Waals surface area contributed by atoms with E-state index in [9.17, 15) is 14.0 Å². The second-order valence-electron chi connectivity index (χ2n) is 6.19.